The number of esters is 1. The number of carbonyl (C=O) groups is 1. The lowest BCUT2D eigenvalue weighted by molar-refractivity contribution is 0.0591. The number of imidazole rings is 1. The summed E-state index contributed by atoms with van der Waals surface area (Å²) in [5, 5.41) is 0. The van der Waals surface area contributed by atoms with Crippen molar-refractivity contribution in [3.05, 3.63) is 35.9 Å². The maximum Gasteiger partial charge on any atom is 0.355 e. The smallest absolute Gasteiger partial charge is 0.355 e. The SMILES string of the molecule is CCN1CCCC(c2ncc3cccc(C(=O)OC)n23)C1. The van der Waals surface area contributed by atoms with Crippen molar-refractivity contribution >= 4 is 11.5 Å². The molecule has 0 N–H and O–H groups in total. The van der Waals surface area contributed by atoms with E-state index in [4.69, 9.17) is 4.74 Å². The van der Waals surface area contributed by atoms with Crippen LogP contribution in [0.4, 0.5) is 0 Å². The molecule has 1 fully saturated rings. The van der Waals surface area contributed by atoms with E-state index in [1.807, 2.05) is 22.7 Å². The Morgan fingerprint density at radius 3 is 3.10 bits per heavy atom. The van der Waals surface area contributed by atoms with E-state index in [2.05, 4.69) is 16.8 Å². The highest BCUT2D eigenvalue weighted by Gasteiger charge is 2.25. The van der Waals surface area contributed by atoms with Crippen LogP contribution in [-0.2, 0) is 4.74 Å². The number of fused-ring (bicyclic) bond motifs is 1. The maximum atomic E-state index is 12.0. The van der Waals surface area contributed by atoms with Crippen LogP contribution in [0.15, 0.2) is 24.4 Å². The Kier molecular flexibility index (Phi) is 3.92. The van der Waals surface area contributed by atoms with Gasteiger partial charge in [-0.25, -0.2) is 9.78 Å². The molecular formula is C16H21N3O2. The van der Waals surface area contributed by atoms with Crippen LogP contribution in [0, 0.1) is 0 Å². The molecule has 0 aliphatic carbocycles. The van der Waals surface area contributed by atoms with E-state index in [0.717, 1.165) is 37.4 Å². The fourth-order valence-corrected chi connectivity index (χ4v) is 3.18. The number of ether oxygens (including phenoxy) is 1. The average molecular weight is 287 g/mol. The second-order valence-electron chi connectivity index (χ2n) is 5.51. The minimum Gasteiger partial charge on any atom is -0.464 e. The number of piperidine rings is 1. The van der Waals surface area contributed by atoms with Gasteiger partial charge in [0.05, 0.1) is 18.8 Å². The number of methoxy groups -OCH3 is 1. The molecule has 3 rings (SSSR count). The zero-order chi connectivity index (χ0) is 14.8. The zero-order valence-electron chi connectivity index (χ0n) is 12.6. The number of nitrogens with zero attached hydrogens (tertiary/aromatic N) is 3. The predicted molar refractivity (Wildman–Crippen MR) is 80.6 cm³/mol. The van der Waals surface area contributed by atoms with E-state index in [1.54, 1.807) is 6.07 Å². The molecule has 112 valence electrons. The first-order valence-electron chi connectivity index (χ1n) is 7.51. The summed E-state index contributed by atoms with van der Waals surface area (Å²) in [5.74, 6) is 1.03. The van der Waals surface area contributed by atoms with Gasteiger partial charge in [-0.05, 0) is 38.1 Å². The van der Waals surface area contributed by atoms with Gasteiger partial charge in [0.1, 0.15) is 11.5 Å². The normalized spacial score (nSPS) is 19.8. The number of pyridine rings is 1. The van der Waals surface area contributed by atoms with E-state index in [9.17, 15) is 4.79 Å². The molecule has 5 heteroatoms. The Morgan fingerprint density at radius 1 is 1.48 bits per heavy atom. The van der Waals surface area contributed by atoms with Crippen molar-refractivity contribution in [3.63, 3.8) is 0 Å². The quantitative estimate of drug-likeness (QED) is 0.813. The van der Waals surface area contributed by atoms with E-state index in [1.165, 1.54) is 13.5 Å². The van der Waals surface area contributed by atoms with Gasteiger partial charge in [-0.15, -0.1) is 0 Å². The number of rotatable bonds is 3. The second-order valence-corrected chi connectivity index (χ2v) is 5.51. The zero-order valence-corrected chi connectivity index (χ0v) is 12.6. The van der Waals surface area contributed by atoms with Crippen LogP contribution in [0.5, 0.6) is 0 Å². The molecule has 21 heavy (non-hydrogen) atoms. The molecule has 1 saturated heterocycles. The van der Waals surface area contributed by atoms with Gasteiger partial charge in [-0.1, -0.05) is 13.0 Å². The van der Waals surface area contributed by atoms with E-state index < -0.39 is 0 Å². The Labute approximate surface area is 124 Å². The first-order valence-corrected chi connectivity index (χ1v) is 7.51. The lowest BCUT2D eigenvalue weighted by Gasteiger charge is -2.31. The number of likely N-dealkylation sites (N-methyl/N-ethyl adjacent to an activating group) is 1. The van der Waals surface area contributed by atoms with E-state index in [0.29, 0.717) is 11.6 Å². The molecule has 0 radical (unpaired) electrons. The van der Waals surface area contributed by atoms with Crippen molar-refractivity contribution in [3.8, 4) is 0 Å². The summed E-state index contributed by atoms with van der Waals surface area (Å²) in [4.78, 5) is 19.0. The maximum absolute atomic E-state index is 12.0. The summed E-state index contributed by atoms with van der Waals surface area (Å²) in [6, 6.07) is 5.64. The van der Waals surface area contributed by atoms with E-state index in [-0.39, 0.29) is 5.97 Å². The fraction of sp³-hybridized carbons (Fsp3) is 0.500. The van der Waals surface area contributed by atoms with Crippen LogP contribution in [-0.4, -0.2) is 47.0 Å². The summed E-state index contributed by atoms with van der Waals surface area (Å²) >= 11 is 0. The van der Waals surface area contributed by atoms with Crippen LogP contribution in [0.25, 0.3) is 5.52 Å². The van der Waals surface area contributed by atoms with Crippen molar-refractivity contribution in [1.29, 1.82) is 0 Å². The highest BCUT2D eigenvalue weighted by molar-refractivity contribution is 5.88. The van der Waals surface area contributed by atoms with Crippen LogP contribution >= 0.6 is 0 Å². The summed E-state index contributed by atoms with van der Waals surface area (Å²) in [6.45, 7) is 5.40. The molecule has 2 aromatic heterocycles. The molecular weight excluding hydrogens is 266 g/mol. The fourth-order valence-electron chi connectivity index (χ4n) is 3.18. The van der Waals surface area contributed by atoms with Crippen LogP contribution in [0.1, 0.15) is 42.0 Å². The third kappa shape index (κ3) is 2.53. The van der Waals surface area contributed by atoms with Crippen LogP contribution in [0.3, 0.4) is 0 Å². The van der Waals surface area contributed by atoms with Gasteiger partial charge in [-0.3, -0.25) is 4.40 Å². The molecule has 1 aliphatic heterocycles. The average Bonchev–Trinajstić information content (AvgIpc) is 2.98. The Morgan fingerprint density at radius 2 is 2.33 bits per heavy atom. The van der Waals surface area contributed by atoms with Crippen LogP contribution < -0.4 is 0 Å². The van der Waals surface area contributed by atoms with E-state index >= 15 is 0 Å². The van der Waals surface area contributed by atoms with Gasteiger partial charge in [0.2, 0.25) is 0 Å². The first-order chi connectivity index (χ1) is 10.2. The monoisotopic (exact) mass is 287 g/mol. The standard InChI is InChI=1S/C16H21N3O2/c1-3-18-9-5-6-12(11-18)15-17-10-13-7-4-8-14(19(13)15)16(20)21-2/h4,7-8,10,12H,3,5-6,9,11H2,1-2H3. The first kappa shape index (κ1) is 14.1. The Bertz CT molecular complexity index is 650. The van der Waals surface area contributed by atoms with Crippen molar-refractivity contribution in [1.82, 2.24) is 14.3 Å². The molecule has 1 unspecified atom stereocenters. The topological polar surface area (TPSA) is 46.8 Å². The molecule has 0 aromatic carbocycles. The van der Waals surface area contributed by atoms with Crippen molar-refractivity contribution < 1.29 is 9.53 Å². The van der Waals surface area contributed by atoms with Gasteiger partial charge >= 0.3 is 5.97 Å². The summed E-state index contributed by atoms with van der Waals surface area (Å²) in [6.07, 6.45) is 4.13. The molecule has 0 saturated carbocycles. The lowest BCUT2D eigenvalue weighted by atomic mass is 9.97. The molecule has 2 aromatic rings. The molecule has 5 nitrogen and oxygen atoms in total. The summed E-state index contributed by atoms with van der Waals surface area (Å²) < 4.78 is 6.85. The minimum absolute atomic E-state index is 0.317. The Hall–Kier alpha value is -1.88. The van der Waals surface area contributed by atoms with Crippen molar-refractivity contribution in [2.45, 2.75) is 25.7 Å². The third-order valence-corrected chi connectivity index (χ3v) is 4.29. The van der Waals surface area contributed by atoms with Gasteiger partial charge in [0.25, 0.3) is 0 Å². The number of hydrogen-bond donors (Lipinski definition) is 0. The number of aromatic nitrogens is 2. The predicted octanol–water partition coefficient (Wildman–Crippen LogP) is 2.32. The highest BCUT2D eigenvalue weighted by Crippen LogP contribution is 2.27. The largest absolute Gasteiger partial charge is 0.464 e. The molecule has 3 heterocycles. The van der Waals surface area contributed by atoms with Gasteiger partial charge in [-0.2, -0.15) is 0 Å². The summed E-state index contributed by atoms with van der Waals surface area (Å²) in [5.41, 5.74) is 1.50. The number of hydrogen-bond acceptors (Lipinski definition) is 4. The summed E-state index contributed by atoms with van der Waals surface area (Å²) in [7, 11) is 1.41. The van der Waals surface area contributed by atoms with Gasteiger partial charge < -0.3 is 9.64 Å². The highest BCUT2D eigenvalue weighted by atomic mass is 16.5. The van der Waals surface area contributed by atoms with Crippen molar-refractivity contribution in [2.75, 3.05) is 26.7 Å². The number of carbonyl (C=O) groups excluding carboxylic acids is 1. The molecule has 0 amide bonds. The molecule has 1 atom stereocenters. The third-order valence-electron chi connectivity index (χ3n) is 4.29. The number of likely N-dealkylation sites (tertiary alicyclic amines) is 1. The second kappa shape index (κ2) is 5.85. The molecule has 1 aliphatic rings. The lowest BCUT2D eigenvalue weighted by Crippen LogP contribution is -2.35. The van der Waals surface area contributed by atoms with Gasteiger partial charge in [0, 0.05) is 12.5 Å². The Balaban J connectivity index is 2.04. The van der Waals surface area contributed by atoms with Crippen molar-refractivity contribution in [2.24, 2.45) is 0 Å². The van der Waals surface area contributed by atoms with Gasteiger partial charge in [0.15, 0.2) is 0 Å². The van der Waals surface area contributed by atoms with Crippen LogP contribution in [0.2, 0.25) is 0 Å². The molecule has 0 bridgehead atoms. The molecule has 0 spiro atoms. The minimum atomic E-state index is -0.317.